The summed E-state index contributed by atoms with van der Waals surface area (Å²) in [6.07, 6.45) is 0. The number of halogens is 2. The maximum absolute atomic E-state index is 13.3. The van der Waals surface area contributed by atoms with Crippen molar-refractivity contribution in [1.29, 1.82) is 0 Å². The number of benzene rings is 2. The third-order valence-corrected chi connectivity index (χ3v) is 3.75. The van der Waals surface area contributed by atoms with Crippen molar-refractivity contribution in [2.75, 3.05) is 18.5 Å². The van der Waals surface area contributed by atoms with Gasteiger partial charge in [-0.3, -0.25) is 0 Å². The van der Waals surface area contributed by atoms with Crippen LogP contribution < -0.4 is 10.6 Å². The summed E-state index contributed by atoms with van der Waals surface area (Å²) in [4.78, 5) is 2.07. The molecule has 0 aliphatic rings. The molecule has 1 atom stereocenters. The summed E-state index contributed by atoms with van der Waals surface area (Å²) in [5.74, 6) is -0.413. The first-order chi connectivity index (χ1) is 9.52. The molecule has 2 aromatic carbocycles. The van der Waals surface area contributed by atoms with Gasteiger partial charge in [-0.1, -0.05) is 35.4 Å². The molecular formula is C16H18ClFN2. The van der Waals surface area contributed by atoms with Crippen molar-refractivity contribution >= 4 is 17.3 Å². The van der Waals surface area contributed by atoms with Gasteiger partial charge in [-0.25, -0.2) is 4.39 Å². The van der Waals surface area contributed by atoms with E-state index in [0.717, 1.165) is 11.3 Å². The molecule has 106 valence electrons. The molecule has 20 heavy (non-hydrogen) atoms. The van der Waals surface area contributed by atoms with Crippen LogP contribution in [0.4, 0.5) is 10.1 Å². The first kappa shape index (κ1) is 14.8. The average Bonchev–Trinajstić information content (AvgIpc) is 2.44. The molecular weight excluding hydrogens is 275 g/mol. The first-order valence-electron chi connectivity index (χ1n) is 6.47. The average molecular weight is 293 g/mol. The molecule has 4 heteroatoms. The molecule has 2 N–H and O–H groups in total. The standard InChI is InChI=1S/C16H18ClFN2/c1-11-3-6-13(7-4-11)20(2)16(10-19)12-5-8-15(18)14(17)9-12/h3-9,16H,10,19H2,1-2H3. The number of likely N-dealkylation sites (N-methyl/N-ethyl adjacent to an activating group) is 1. The third kappa shape index (κ3) is 3.11. The Morgan fingerprint density at radius 1 is 1.20 bits per heavy atom. The van der Waals surface area contributed by atoms with Gasteiger partial charge in [0.15, 0.2) is 0 Å². The molecule has 0 saturated heterocycles. The second kappa shape index (κ2) is 6.25. The number of aryl methyl sites for hydroxylation is 1. The van der Waals surface area contributed by atoms with E-state index in [1.54, 1.807) is 12.1 Å². The first-order valence-corrected chi connectivity index (χ1v) is 6.85. The summed E-state index contributed by atoms with van der Waals surface area (Å²) in [6.45, 7) is 2.47. The zero-order valence-corrected chi connectivity index (χ0v) is 12.4. The van der Waals surface area contributed by atoms with Gasteiger partial charge in [-0.05, 0) is 36.8 Å². The van der Waals surface area contributed by atoms with E-state index >= 15 is 0 Å². The van der Waals surface area contributed by atoms with Gasteiger partial charge in [0.2, 0.25) is 0 Å². The lowest BCUT2D eigenvalue weighted by molar-refractivity contribution is 0.623. The normalized spacial score (nSPS) is 12.2. The number of nitrogens with zero attached hydrogens (tertiary/aromatic N) is 1. The summed E-state index contributed by atoms with van der Waals surface area (Å²) in [5, 5.41) is 0.123. The maximum atomic E-state index is 13.3. The lowest BCUT2D eigenvalue weighted by atomic mass is 10.0. The quantitative estimate of drug-likeness (QED) is 0.925. The molecule has 0 amide bonds. The monoisotopic (exact) mass is 292 g/mol. The molecule has 0 aliphatic heterocycles. The number of nitrogens with two attached hydrogens (primary N) is 1. The Hall–Kier alpha value is -1.58. The van der Waals surface area contributed by atoms with Gasteiger partial charge in [-0.15, -0.1) is 0 Å². The fraction of sp³-hybridized carbons (Fsp3) is 0.250. The van der Waals surface area contributed by atoms with Crippen molar-refractivity contribution in [3.63, 3.8) is 0 Å². The van der Waals surface area contributed by atoms with Crippen LogP contribution in [0, 0.1) is 12.7 Å². The smallest absolute Gasteiger partial charge is 0.141 e. The number of hydrogen-bond donors (Lipinski definition) is 1. The number of anilines is 1. The SMILES string of the molecule is Cc1ccc(N(C)C(CN)c2ccc(F)c(Cl)c2)cc1. The van der Waals surface area contributed by atoms with E-state index in [2.05, 4.69) is 17.0 Å². The van der Waals surface area contributed by atoms with Crippen LogP contribution in [0.1, 0.15) is 17.2 Å². The molecule has 1 unspecified atom stereocenters. The highest BCUT2D eigenvalue weighted by molar-refractivity contribution is 6.30. The Balaban J connectivity index is 2.31. The molecule has 0 radical (unpaired) electrons. The van der Waals surface area contributed by atoms with Crippen molar-refractivity contribution < 1.29 is 4.39 Å². The van der Waals surface area contributed by atoms with Crippen LogP contribution in [0.3, 0.4) is 0 Å². The van der Waals surface area contributed by atoms with Crippen LogP contribution in [0.5, 0.6) is 0 Å². The molecule has 2 rings (SSSR count). The van der Waals surface area contributed by atoms with Crippen LogP contribution in [0.2, 0.25) is 5.02 Å². The fourth-order valence-corrected chi connectivity index (χ4v) is 2.39. The Morgan fingerprint density at radius 2 is 1.85 bits per heavy atom. The fourth-order valence-electron chi connectivity index (χ4n) is 2.20. The predicted octanol–water partition coefficient (Wildman–Crippen LogP) is 3.92. The molecule has 0 saturated carbocycles. The lowest BCUT2D eigenvalue weighted by Crippen LogP contribution is -2.30. The highest BCUT2D eigenvalue weighted by Crippen LogP contribution is 2.27. The Labute approximate surface area is 124 Å². The van der Waals surface area contributed by atoms with Crippen LogP contribution >= 0.6 is 11.6 Å². The topological polar surface area (TPSA) is 29.3 Å². The van der Waals surface area contributed by atoms with Gasteiger partial charge < -0.3 is 10.6 Å². The predicted molar refractivity (Wildman–Crippen MR) is 82.8 cm³/mol. The summed E-state index contributed by atoms with van der Waals surface area (Å²) in [7, 11) is 1.97. The Kier molecular flexibility index (Phi) is 4.63. The van der Waals surface area contributed by atoms with E-state index in [1.165, 1.54) is 11.6 Å². The van der Waals surface area contributed by atoms with E-state index < -0.39 is 5.82 Å². The minimum absolute atomic E-state index is 0.0455. The summed E-state index contributed by atoms with van der Waals surface area (Å²) < 4.78 is 13.3. The number of hydrogen-bond acceptors (Lipinski definition) is 2. The molecule has 0 bridgehead atoms. The van der Waals surface area contributed by atoms with Crippen molar-refractivity contribution in [3.8, 4) is 0 Å². The number of rotatable bonds is 4. The van der Waals surface area contributed by atoms with Gasteiger partial charge in [0, 0.05) is 19.3 Å². The van der Waals surface area contributed by atoms with E-state index in [0.29, 0.717) is 6.54 Å². The van der Waals surface area contributed by atoms with Crippen LogP contribution in [0.25, 0.3) is 0 Å². The molecule has 0 heterocycles. The van der Waals surface area contributed by atoms with Gasteiger partial charge in [0.25, 0.3) is 0 Å². The van der Waals surface area contributed by atoms with Crippen molar-refractivity contribution in [2.45, 2.75) is 13.0 Å². The lowest BCUT2D eigenvalue weighted by Gasteiger charge is -2.29. The highest BCUT2D eigenvalue weighted by Gasteiger charge is 2.17. The summed E-state index contributed by atoms with van der Waals surface area (Å²) in [6, 6.07) is 12.9. The van der Waals surface area contributed by atoms with E-state index in [4.69, 9.17) is 17.3 Å². The zero-order valence-electron chi connectivity index (χ0n) is 11.6. The van der Waals surface area contributed by atoms with Crippen LogP contribution in [-0.2, 0) is 0 Å². The molecule has 0 aliphatic carbocycles. The van der Waals surface area contributed by atoms with Gasteiger partial charge in [-0.2, -0.15) is 0 Å². The van der Waals surface area contributed by atoms with E-state index in [-0.39, 0.29) is 11.1 Å². The van der Waals surface area contributed by atoms with Crippen LogP contribution in [-0.4, -0.2) is 13.6 Å². The highest BCUT2D eigenvalue weighted by atomic mass is 35.5. The molecule has 2 aromatic rings. The third-order valence-electron chi connectivity index (χ3n) is 3.46. The van der Waals surface area contributed by atoms with Gasteiger partial charge >= 0.3 is 0 Å². The Bertz CT molecular complexity index is 584. The molecule has 0 aromatic heterocycles. The van der Waals surface area contributed by atoms with Crippen molar-refractivity contribution in [2.24, 2.45) is 5.73 Å². The minimum Gasteiger partial charge on any atom is -0.366 e. The second-order valence-corrected chi connectivity index (χ2v) is 5.28. The van der Waals surface area contributed by atoms with Crippen molar-refractivity contribution in [1.82, 2.24) is 0 Å². The van der Waals surface area contributed by atoms with E-state index in [9.17, 15) is 4.39 Å². The maximum Gasteiger partial charge on any atom is 0.141 e. The minimum atomic E-state index is -0.413. The summed E-state index contributed by atoms with van der Waals surface area (Å²) in [5.41, 5.74) is 9.05. The second-order valence-electron chi connectivity index (χ2n) is 4.87. The van der Waals surface area contributed by atoms with Gasteiger partial charge in [0.05, 0.1) is 11.1 Å². The zero-order chi connectivity index (χ0) is 14.7. The summed E-state index contributed by atoms with van der Waals surface area (Å²) >= 11 is 5.85. The Morgan fingerprint density at radius 3 is 2.40 bits per heavy atom. The van der Waals surface area contributed by atoms with Crippen LogP contribution in [0.15, 0.2) is 42.5 Å². The van der Waals surface area contributed by atoms with E-state index in [1.807, 2.05) is 26.1 Å². The molecule has 0 fully saturated rings. The van der Waals surface area contributed by atoms with Crippen molar-refractivity contribution in [3.05, 3.63) is 64.4 Å². The molecule has 0 spiro atoms. The largest absolute Gasteiger partial charge is 0.366 e. The van der Waals surface area contributed by atoms with Gasteiger partial charge in [0.1, 0.15) is 5.82 Å². The molecule has 2 nitrogen and oxygen atoms in total.